The van der Waals surface area contributed by atoms with Crippen molar-refractivity contribution >= 4 is 0 Å². The Kier molecular flexibility index (Phi) is 5.20. The van der Waals surface area contributed by atoms with E-state index in [1.165, 1.54) is 0 Å². The monoisotopic (exact) mass is 333 g/mol. The van der Waals surface area contributed by atoms with Crippen LogP contribution in [0.2, 0.25) is 0 Å². The first-order valence-corrected chi connectivity index (χ1v) is 8.08. The number of para-hydroxylation sites is 1. The third-order valence-corrected chi connectivity index (χ3v) is 4.13. The van der Waals surface area contributed by atoms with Gasteiger partial charge >= 0.3 is 0 Å². The summed E-state index contributed by atoms with van der Waals surface area (Å²) < 4.78 is 22.1. The molecule has 7 nitrogen and oxygen atoms in total. The zero-order valence-electron chi connectivity index (χ0n) is 14.3. The number of hydrogen-bond donors (Lipinski definition) is 0. The molecule has 0 atom stereocenters. The van der Waals surface area contributed by atoms with Crippen LogP contribution in [0.4, 0.5) is 0 Å². The van der Waals surface area contributed by atoms with Gasteiger partial charge in [0, 0.05) is 13.1 Å². The van der Waals surface area contributed by atoms with Gasteiger partial charge in [0.1, 0.15) is 6.10 Å². The van der Waals surface area contributed by atoms with E-state index in [0.717, 1.165) is 25.9 Å². The summed E-state index contributed by atoms with van der Waals surface area (Å²) >= 11 is 0. The fraction of sp³-hybridized carbons (Fsp3) is 0.529. The zero-order valence-corrected chi connectivity index (χ0v) is 14.3. The maximum atomic E-state index is 6.17. The predicted octanol–water partition coefficient (Wildman–Crippen LogP) is 2.44. The molecule has 1 aromatic heterocycles. The highest BCUT2D eigenvalue weighted by Gasteiger charge is 2.24. The molecule has 0 radical (unpaired) electrons. The predicted molar refractivity (Wildman–Crippen MR) is 87.5 cm³/mol. The van der Waals surface area contributed by atoms with Crippen LogP contribution in [0.25, 0.3) is 0 Å². The molecular weight excluding hydrogens is 310 g/mol. The molecule has 0 aliphatic carbocycles. The molecule has 1 aliphatic heterocycles. The summed E-state index contributed by atoms with van der Waals surface area (Å²) in [7, 11) is 3.27. The average Bonchev–Trinajstić information content (AvgIpc) is 3.01. The Balaban J connectivity index is 1.57. The highest BCUT2D eigenvalue weighted by Crippen LogP contribution is 2.38. The number of benzene rings is 1. The van der Waals surface area contributed by atoms with E-state index in [1.54, 1.807) is 14.2 Å². The third kappa shape index (κ3) is 3.79. The lowest BCUT2D eigenvalue weighted by Crippen LogP contribution is -2.38. The molecule has 2 aromatic rings. The molecule has 0 amide bonds. The summed E-state index contributed by atoms with van der Waals surface area (Å²) in [5, 5.41) is 3.83. The second-order valence-electron chi connectivity index (χ2n) is 5.82. The molecule has 0 saturated carbocycles. The van der Waals surface area contributed by atoms with Gasteiger partial charge in [0.2, 0.25) is 11.6 Å². The number of ether oxygens (including phenoxy) is 3. The van der Waals surface area contributed by atoms with Crippen molar-refractivity contribution < 1.29 is 18.7 Å². The SMILES string of the molecule is COc1cccc(OC)c1OC1CCN(Cc2nc(C)no2)CC1. The maximum Gasteiger partial charge on any atom is 0.240 e. The molecule has 1 saturated heterocycles. The Morgan fingerprint density at radius 3 is 2.38 bits per heavy atom. The molecule has 1 aromatic carbocycles. The van der Waals surface area contributed by atoms with E-state index < -0.39 is 0 Å². The van der Waals surface area contributed by atoms with Gasteiger partial charge in [-0.2, -0.15) is 4.98 Å². The van der Waals surface area contributed by atoms with Crippen LogP contribution in [0.15, 0.2) is 22.7 Å². The Hall–Kier alpha value is -2.28. The Morgan fingerprint density at radius 2 is 1.83 bits per heavy atom. The number of aromatic nitrogens is 2. The van der Waals surface area contributed by atoms with Gasteiger partial charge in [0.05, 0.1) is 20.8 Å². The normalized spacial score (nSPS) is 16.1. The second-order valence-corrected chi connectivity index (χ2v) is 5.82. The van der Waals surface area contributed by atoms with Crippen molar-refractivity contribution in [3.63, 3.8) is 0 Å². The van der Waals surface area contributed by atoms with Gasteiger partial charge in [-0.15, -0.1) is 0 Å². The number of nitrogens with zero attached hydrogens (tertiary/aromatic N) is 3. The van der Waals surface area contributed by atoms with Crippen molar-refractivity contribution in [2.75, 3.05) is 27.3 Å². The lowest BCUT2D eigenvalue weighted by Gasteiger charge is -2.31. The minimum atomic E-state index is 0.135. The molecule has 0 bridgehead atoms. The van der Waals surface area contributed by atoms with Gasteiger partial charge in [-0.1, -0.05) is 11.2 Å². The summed E-state index contributed by atoms with van der Waals surface area (Å²) in [6.45, 7) is 4.35. The first-order chi connectivity index (χ1) is 11.7. The van der Waals surface area contributed by atoms with Gasteiger partial charge in [-0.25, -0.2) is 0 Å². The summed E-state index contributed by atoms with van der Waals surface area (Å²) in [6, 6.07) is 5.65. The van der Waals surface area contributed by atoms with Gasteiger partial charge in [0.15, 0.2) is 17.3 Å². The van der Waals surface area contributed by atoms with Crippen molar-refractivity contribution in [1.82, 2.24) is 15.0 Å². The highest BCUT2D eigenvalue weighted by atomic mass is 16.5. The van der Waals surface area contributed by atoms with Crippen molar-refractivity contribution in [1.29, 1.82) is 0 Å². The Labute approximate surface area is 141 Å². The molecule has 2 heterocycles. The van der Waals surface area contributed by atoms with Crippen LogP contribution in [-0.2, 0) is 6.54 Å². The van der Waals surface area contributed by atoms with Crippen molar-refractivity contribution in [2.24, 2.45) is 0 Å². The number of rotatable bonds is 6. The molecular formula is C17H23N3O4. The first-order valence-electron chi connectivity index (χ1n) is 8.08. The summed E-state index contributed by atoms with van der Waals surface area (Å²) in [4.78, 5) is 6.55. The number of hydrogen-bond acceptors (Lipinski definition) is 7. The van der Waals surface area contributed by atoms with Crippen molar-refractivity contribution in [3.05, 3.63) is 29.9 Å². The van der Waals surface area contributed by atoms with Crippen LogP contribution in [0.1, 0.15) is 24.6 Å². The zero-order chi connectivity index (χ0) is 16.9. The quantitative estimate of drug-likeness (QED) is 0.804. The standard InChI is InChI=1S/C17H23N3O4/c1-12-18-16(24-19-12)11-20-9-7-13(8-10-20)23-17-14(21-2)5-4-6-15(17)22-3/h4-6,13H,7-11H2,1-3H3. The number of likely N-dealkylation sites (tertiary alicyclic amines) is 1. The molecule has 130 valence electrons. The molecule has 0 N–H and O–H groups in total. The van der Waals surface area contributed by atoms with Gasteiger partial charge in [-0.3, -0.25) is 4.90 Å². The van der Waals surface area contributed by atoms with Crippen LogP contribution in [0.5, 0.6) is 17.2 Å². The van der Waals surface area contributed by atoms with Gasteiger partial charge in [-0.05, 0) is 31.9 Å². The Morgan fingerprint density at radius 1 is 1.17 bits per heavy atom. The topological polar surface area (TPSA) is 69.8 Å². The van der Waals surface area contributed by atoms with Crippen LogP contribution >= 0.6 is 0 Å². The van der Waals surface area contributed by atoms with E-state index in [1.807, 2.05) is 25.1 Å². The molecule has 1 fully saturated rings. The minimum Gasteiger partial charge on any atom is -0.493 e. The number of methoxy groups -OCH3 is 2. The summed E-state index contributed by atoms with van der Waals surface area (Å²) in [6.07, 6.45) is 1.98. The Bertz CT molecular complexity index is 643. The van der Waals surface area contributed by atoms with E-state index in [9.17, 15) is 0 Å². The van der Waals surface area contributed by atoms with E-state index in [2.05, 4.69) is 15.0 Å². The fourth-order valence-electron chi connectivity index (χ4n) is 2.88. The number of piperidine rings is 1. The molecule has 1 aliphatic rings. The molecule has 0 unspecified atom stereocenters. The molecule has 24 heavy (non-hydrogen) atoms. The second kappa shape index (κ2) is 7.53. The van der Waals surface area contributed by atoms with Crippen LogP contribution in [-0.4, -0.2) is 48.5 Å². The first kappa shape index (κ1) is 16.6. The largest absolute Gasteiger partial charge is 0.493 e. The summed E-state index contributed by atoms with van der Waals surface area (Å²) in [5.41, 5.74) is 0. The number of aryl methyl sites for hydroxylation is 1. The lowest BCUT2D eigenvalue weighted by molar-refractivity contribution is 0.0859. The molecule has 7 heteroatoms. The van der Waals surface area contributed by atoms with E-state index in [4.69, 9.17) is 18.7 Å². The van der Waals surface area contributed by atoms with Crippen LogP contribution in [0, 0.1) is 6.92 Å². The van der Waals surface area contributed by atoms with E-state index >= 15 is 0 Å². The summed E-state index contributed by atoms with van der Waals surface area (Å²) in [5.74, 6) is 3.40. The average molecular weight is 333 g/mol. The smallest absolute Gasteiger partial charge is 0.240 e. The lowest BCUT2D eigenvalue weighted by atomic mass is 10.1. The highest BCUT2D eigenvalue weighted by molar-refractivity contribution is 5.51. The fourth-order valence-corrected chi connectivity index (χ4v) is 2.88. The van der Waals surface area contributed by atoms with Crippen molar-refractivity contribution in [2.45, 2.75) is 32.4 Å². The van der Waals surface area contributed by atoms with Crippen molar-refractivity contribution in [3.8, 4) is 17.2 Å². The minimum absolute atomic E-state index is 0.135. The van der Waals surface area contributed by atoms with Gasteiger partial charge < -0.3 is 18.7 Å². The molecule has 3 rings (SSSR count). The third-order valence-electron chi connectivity index (χ3n) is 4.13. The van der Waals surface area contributed by atoms with E-state index in [-0.39, 0.29) is 6.10 Å². The van der Waals surface area contributed by atoms with Crippen LogP contribution in [0.3, 0.4) is 0 Å². The van der Waals surface area contributed by atoms with Crippen LogP contribution < -0.4 is 14.2 Å². The van der Waals surface area contributed by atoms with Gasteiger partial charge in [0.25, 0.3) is 0 Å². The maximum absolute atomic E-state index is 6.17. The molecule has 0 spiro atoms. The van der Waals surface area contributed by atoms with E-state index in [0.29, 0.717) is 35.5 Å².